The van der Waals surface area contributed by atoms with E-state index in [1.165, 1.54) is 37.7 Å². The smallest absolute Gasteiger partial charge is 0.0700 e. The molecule has 1 saturated carbocycles. The molecule has 3 rings (SSSR count). The summed E-state index contributed by atoms with van der Waals surface area (Å²) in [4.78, 5) is 2.53. The van der Waals surface area contributed by atoms with Gasteiger partial charge in [0.25, 0.3) is 0 Å². The second kappa shape index (κ2) is 6.93. The van der Waals surface area contributed by atoms with Gasteiger partial charge in [0, 0.05) is 19.6 Å². The highest BCUT2D eigenvalue weighted by molar-refractivity contribution is 5.14. The number of hydrogen-bond donors (Lipinski definition) is 1. The zero-order valence-corrected chi connectivity index (χ0v) is 13.1. The maximum Gasteiger partial charge on any atom is 0.0700 e. The summed E-state index contributed by atoms with van der Waals surface area (Å²) < 4.78 is 0. The predicted octanol–water partition coefficient (Wildman–Crippen LogP) is 3.64. The largest absolute Gasteiger partial charge is 0.390 e. The lowest BCUT2D eigenvalue weighted by Gasteiger charge is -2.44. The van der Waals surface area contributed by atoms with Gasteiger partial charge in [0.05, 0.1) is 5.60 Å². The Balaban J connectivity index is 1.46. The van der Waals surface area contributed by atoms with Crippen molar-refractivity contribution in [2.75, 3.05) is 19.6 Å². The topological polar surface area (TPSA) is 23.5 Å². The average Bonchev–Trinajstić information content (AvgIpc) is 2.56. The third kappa shape index (κ3) is 3.87. The Bertz CT molecular complexity index is 416. The van der Waals surface area contributed by atoms with Crippen LogP contribution in [0.4, 0.5) is 0 Å². The van der Waals surface area contributed by atoms with Gasteiger partial charge in [0.2, 0.25) is 0 Å². The van der Waals surface area contributed by atoms with Gasteiger partial charge in [-0.05, 0) is 43.6 Å². The first-order valence-electron chi connectivity index (χ1n) is 8.75. The number of nitrogens with zero attached hydrogens (tertiary/aromatic N) is 1. The Morgan fingerprint density at radius 1 is 1.00 bits per heavy atom. The van der Waals surface area contributed by atoms with Crippen molar-refractivity contribution in [1.82, 2.24) is 4.90 Å². The van der Waals surface area contributed by atoms with Crippen LogP contribution in [-0.4, -0.2) is 35.2 Å². The van der Waals surface area contributed by atoms with Crippen LogP contribution in [0.3, 0.4) is 0 Å². The summed E-state index contributed by atoms with van der Waals surface area (Å²) in [6, 6.07) is 10.7. The second-order valence-corrected chi connectivity index (χ2v) is 7.02. The molecule has 1 aromatic carbocycles. The molecule has 2 nitrogen and oxygen atoms in total. The molecule has 2 heteroatoms. The number of piperidine rings is 1. The molecule has 0 amide bonds. The van der Waals surface area contributed by atoms with Crippen molar-refractivity contribution in [1.29, 1.82) is 0 Å². The fraction of sp³-hybridized carbons (Fsp3) is 0.684. The maximum atomic E-state index is 11.0. The first kappa shape index (κ1) is 15.1. The van der Waals surface area contributed by atoms with Crippen molar-refractivity contribution < 1.29 is 5.11 Å². The number of hydrogen-bond acceptors (Lipinski definition) is 2. The summed E-state index contributed by atoms with van der Waals surface area (Å²) in [5.41, 5.74) is 1.06. The van der Waals surface area contributed by atoms with Crippen molar-refractivity contribution in [2.45, 2.75) is 57.0 Å². The van der Waals surface area contributed by atoms with Crippen molar-refractivity contribution in [2.24, 2.45) is 5.92 Å². The molecule has 0 radical (unpaired) electrons. The van der Waals surface area contributed by atoms with E-state index in [1.807, 2.05) is 0 Å². The zero-order chi connectivity index (χ0) is 14.5. The second-order valence-electron chi connectivity index (χ2n) is 7.02. The monoisotopic (exact) mass is 287 g/mol. The molecule has 0 bridgehead atoms. The van der Waals surface area contributed by atoms with E-state index in [2.05, 4.69) is 35.2 Å². The molecule has 0 aromatic heterocycles. The Hall–Kier alpha value is -0.860. The minimum atomic E-state index is -0.357. The van der Waals surface area contributed by atoms with Crippen LogP contribution in [-0.2, 0) is 6.42 Å². The van der Waals surface area contributed by atoms with Gasteiger partial charge in [-0.3, -0.25) is 0 Å². The van der Waals surface area contributed by atoms with Crippen LogP contribution in [0.2, 0.25) is 0 Å². The highest BCUT2D eigenvalue weighted by Gasteiger charge is 2.39. The van der Waals surface area contributed by atoms with Crippen LogP contribution in [0.25, 0.3) is 0 Å². The predicted molar refractivity (Wildman–Crippen MR) is 87.3 cm³/mol. The standard InChI is InChI=1S/C19H29NO/c21-19(18-9-5-2-6-10-18)12-15-20(16-13-19)14-11-17-7-3-1-4-8-17/h1,3-4,7-8,18,21H,2,5-6,9-16H2. The molecule has 21 heavy (non-hydrogen) atoms. The quantitative estimate of drug-likeness (QED) is 0.914. The molecule has 1 aromatic rings. The maximum absolute atomic E-state index is 11.0. The number of aliphatic hydroxyl groups is 1. The summed E-state index contributed by atoms with van der Waals surface area (Å²) in [7, 11) is 0. The van der Waals surface area contributed by atoms with Crippen LogP contribution in [0.15, 0.2) is 30.3 Å². The molecule has 0 unspecified atom stereocenters. The van der Waals surface area contributed by atoms with E-state index in [0.29, 0.717) is 5.92 Å². The number of benzene rings is 1. The van der Waals surface area contributed by atoms with Gasteiger partial charge in [-0.2, -0.15) is 0 Å². The van der Waals surface area contributed by atoms with E-state index in [1.54, 1.807) is 0 Å². The normalized spacial score (nSPS) is 24.0. The molecule has 0 spiro atoms. The Morgan fingerprint density at radius 2 is 1.67 bits per heavy atom. The summed E-state index contributed by atoms with van der Waals surface area (Å²) in [6.45, 7) is 3.27. The van der Waals surface area contributed by atoms with Gasteiger partial charge in [-0.25, -0.2) is 0 Å². The lowest BCUT2D eigenvalue weighted by atomic mass is 9.72. The van der Waals surface area contributed by atoms with Gasteiger partial charge < -0.3 is 10.0 Å². The van der Waals surface area contributed by atoms with Gasteiger partial charge in [-0.1, -0.05) is 49.6 Å². The summed E-state index contributed by atoms with van der Waals surface area (Å²) in [5, 5.41) is 11.0. The lowest BCUT2D eigenvalue weighted by Crippen LogP contribution is -2.49. The SMILES string of the molecule is OC1(C2CCCCC2)CCN(CCc2ccccc2)CC1. The molecule has 1 aliphatic heterocycles. The number of rotatable bonds is 4. The third-order valence-electron chi connectivity index (χ3n) is 5.65. The van der Waals surface area contributed by atoms with Crippen molar-refractivity contribution in [3.05, 3.63) is 35.9 Å². The molecule has 0 atom stereocenters. The van der Waals surface area contributed by atoms with Crippen molar-refractivity contribution in [3.8, 4) is 0 Å². The van der Waals surface area contributed by atoms with Gasteiger partial charge >= 0.3 is 0 Å². The van der Waals surface area contributed by atoms with Crippen LogP contribution >= 0.6 is 0 Å². The van der Waals surface area contributed by atoms with E-state index in [0.717, 1.165) is 38.9 Å². The lowest BCUT2D eigenvalue weighted by molar-refractivity contribution is -0.0770. The molecule has 1 heterocycles. The van der Waals surface area contributed by atoms with Crippen LogP contribution < -0.4 is 0 Å². The molecule has 2 fully saturated rings. The van der Waals surface area contributed by atoms with E-state index in [9.17, 15) is 5.11 Å². The fourth-order valence-corrected chi connectivity index (χ4v) is 4.14. The summed E-state index contributed by atoms with van der Waals surface area (Å²) in [6.07, 6.45) is 9.60. The molecule has 1 aliphatic carbocycles. The Kier molecular flexibility index (Phi) is 4.97. The summed E-state index contributed by atoms with van der Waals surface area (Å²) >= 11 is 0. The first-order chi connectivity index (χ1) is 10.3. The van der Waals surface area contributed by atoms with Crippen LogP contribution in [0, 0.1) is 5.92 Å². The van der Waals surface area contributed by atoms with Crippen LogP contribution in [0.1, 0.15) is 50.5 Å². The van der Waals surface area contributed by atoms with E-state index in [-0.39, 0.29) is 5.60 Å². The minimum absolute atomic E-state index is 0.357. The fourth-order valence-electron chi connectivity index (χ4n) is 4.14. The highest BCUT2D eigenvalue weighted by atomic mass is 16.3. The highest BCUT2D eigenvalue weighted by Crippen LogP contribution is 2.38. The average molecular weight is 287 g/mol. The van der Waals surface area contributed by atoms with Gasteiger partial charge in [0.15, 0.2) is 0 Å². The van der Waals surface area contributed by atoms with E-state index in [4.69, 9.17) is 0 Å². The molecule has 116 valence electrons. The molecule has 2 aliphatic rings. The van der Waals surface area contributed by atoms with Crippen molar-refractivity contribution >= 4 is 0 Å². The van der Waals surface area contributed by atoms with Crippen LogP contribution in [0.5, 0.6) is 0 Å². The Morgan fingerprint density at radius 3 is 2.33 bits per heavy atom. The summed E-state index contributed by atoms with van der Waals surface area (Å²) in [5.74, 6) is 0.572. The van der Waals surface area contributed by atoms with E-state index < -0.39 is 0 Å². The molecule has 1 saturated heterocycles. The minimum Gasteiger partial charge on any atom is -0.390 e. The first-order valence-corrected chi connectivity index (χ1v) is 8.75. The number of likely N-dealkylation sites (tertiary alicyclic amines) is 1. The van der Waals surface area contributed by atoms with Crippen molar-refractivity contribution in [3.63, 3.8) is 0 Å². The Labute approximate surface area is 129 Å². The van der Waals surface area contributed by atoms with Gasteiger partial charge in [-0.15, -0.1) is 0 Å². The van der Waals surface area contributed by atoms with Gasteiger partial charge in [0.1, 0.15) is 0 Å². The third-order valence-corrected chi connectivity index (χ3v) is 5.65. The zero-order valence-electron chi connectivity index (χ0n) is 13.1. The molecular formula is C19H29NO. The molecule has 1 N–H and O–H groups in total. The van der Waals surface area contributed by atoms with E-state index >= 15 is 0 Å². The molecular weight excluding hydrogens is 258 g/mol.